The quantitative estimate of drug-likeness (QED) is 0.642. The number of hydrogen-bond donors (Lipinski definition) is 1. The van der Waals surface area contributed by atoms with Crippen molar-refractivity contribution < 1.29 is 9.18 Å². The third-order valence-corrected chi connectivity index (χ3v) is 5.78. The highest BCUT2D eigenvalue weighted by Gasteiger charge is 2.24. The van der Waals surface area contributed by atoms with Gasteiger partial charge in [-0.1, -0.05) is 24.3 Å². The summed E-state index contributed by atoms with van der Waals surface area (Å²) in [5.41, 5.74) is 3.65. The topological polar surface area (TPSA) is 59.4 Å². The number of nitrogens with one attached hydrogen (secondary N) is 1. The highest BCUT2D eigenvalue weighted by Crippen LogP contribution is 2.24. The number of anilines is 2. The molecule has 0 radical (unpaired) electrons. The molecule has 4 rings (SSSR count). The molecule has 1 amide bonds. The first kappa shape index (κ1) is 21.5. The maximum Gasteiger partial charge on any atom is 0.258 e. The summed E-state index contributed by atoms with van der Waals surface area (Å²) >= 11 is 0. The van der Waals surface area contributed by atoms with Crippen LogP contribution < -0.4 is 10.2 Å². The molecule has 1 heterocycles. The number of piperazine rings is 1. The lowest BCUT2D eigenvalue weighted by molar-refractivity contribution is 0.102. The number of nitriles is 1. The van der Waals surface area contributed by atoms with Gasteiger partial charge >= 0.3 is 0 Å². The highest BCUT2D eigenvalue weighted by molar-refractivity contribution is 6.04. The Hall–Kier alpha value is -3.69. The van der Waals surface area contributed by atoms with Crippen LogP contribution in [0.5, 0.6) is 0 Å². The van der Waals surface area contributed by atoms with Crippen LogP contribution in [0.3, 0.4) is 0 Å². The molecule has 1 aliphatic heterocycles. The Morgan fingerprint density at radius 2 is 1.78 bits per heavy atom. The van der Waals surface area contributed by atoms with Crippen molar-refractivity contribution in [2.45, 2.75) is 19.5 Å². The van der Waals surface area contributed by atoms with Crippen LogP contribution in [-0.4, -0.2) is 36.5 Å². The number of halogens is 1. The largest absolute Gasteiger partial charge is 0.366 e. The molecule has 1 atom stereocenters. The zero-order valence-electron chi connectivity index (χ0n) is 18.0. The molecule has 1 unspecified atom stereocenters. The van der Waals surface area contributed by atoms with Crippen LogP contribution in [0.15, 0.2) is 72.8 Å². The number of carbonyl (C=O) groups is 1. The summed E-state index contributed by atoms with van der Waals surface area (Å²) in [6.07, 6.45) is 0. The van der Waals surface area contributed by atoms with Crippen molar-refractivity contribution in [3.05, 3.63) is 95.3 Å². The number of benzene rings is 3. The Morgan fingerprint density at radius 3 is 2.44 bits per heavy atom. The van der Waals surface area contributed by atoms with Crippen LogP contribution in [0.25, 0.3) is 0 Å². The second kappa shape index (κ2) is 9.63. The van der Waals surface area contributed by atoms with E-state index in [1.807, 2.05) is 48.5 Å². The zero-order chi connectivity index (χ0) is 22.5. The summed E-state index contributed by atoms with van der Waals surface area (Å²) in [7, 11) is 0. The van der Waals surface area contributed by atoms with E-state index in [4.69, 9.17) is 5.26 Å². The van der Waals surface area contributed by atoms with Gasteiger partial charge in [0.2, 0.25) is 0 Å². The van der Waals surface area contributed by atoms with Gasteiger partial charge in [0.05, 0.1) is 17.2 Å². The lowest BCUT2D eigenvalue weighted by Crippen LogP contribution is -2.51. The molecule has 6 heteroatoms. The Balaban J connectivity index is 1.35. The molecule has 1 saturated heterocycles. The smallest absolute Gasteiger partial charge is 0.258 e. The standard InChI is InChI=1S/C26H25FN4O/c1-19-17-30(18-21-8-6-20(16-28)7-9-21)14-15-31(19)23-12-10-22(11-13-23)29-26(32)24-4-2-3-5-25(24)27/h2-13,19H,14-15,17-18H2,1H3,(H,29,32). The molecule has 0 saturated carbocycles. The van der Waals surface area contributed by atoms with Crippen LogP contribution in [-0.2, 0) is 6.54 Å². The summed E-state index contributed by atoms with van der Waals surface area (Å²) in [5.74, 6) is -0.991. The van der Waals surface area contributed by atoms with E-state index in [1.54, 1.807) is 12.1 Å². The van der Waals surface area contributed by atoms with Gasteiger partial charge < -0.3 is 10.2 Å². The summed E-state index contributed by atoms with van der Waals surface area (Å²) in [5, 5.41) is 11.7. The number of amides is 1. The van der Waals surface area contributed by atoms with Crippen LogP contribution >= 0.6 is 0 Å². The van der Waals surface area contributed by atoms with Crippen molar-refractivity contribution in [2.24, 2.45) is 0 Å². The Kier molecular flexibility index (Phi) is 6.48. The van der Waals surface area contributed by atoms with Crippen LogP contribution in [0.4, 0.5) is 15.8 Å². The van der Waals surface area contributed by atoms with Gasteiger partial charge in [0.1, 0.15) is 5.82 Å². The van der Waals surface area contributed by atoms with Crippen molar-refractivity contribution in [2.75, 3.05) is 29.9 Å². The predicted molar refractivity (Wildman–Crippen MR) is 124 cm³/mol. The fraction of sp³-hybridized carbons (Fsp3) is 0.231. The SMILES string of the molecule is CC1CN(Cc2ccc(C#N)cc2)CCN1c1ccc(NC(=O)c2ccccc2F)cc1. The van der Waals surface area contributed by atoms with Gasteiger partial charge in [-0.2, -0.15) is 5.26 Å². The number of nitrogens with zero attached hydrogens (tertiary/aromatic N) is 3. The molecule has 0 aliphatic carbocycles. The summed E-state index contributed by atoms with van der Waals surface area (Å²) in [6, 6.07) is 23.9. The van der Waals surface area contributed by atoms with Crippen molar-refractivity contribution in [1.82, 2.24) is 4.90 Å². The lowest BCUT2D eigenvalue weighted by atomic mass is 10.1. The van der Waals surface area contributed by atoms with Crippen LogP contribution in [0, 0.1) is 17.1 Å². The maximum absolute atomic E-state index is 13.8. The van der Waals surface area contributed by atoms with Gasteiger partial charge in [0.25, 0.3) is 5.91 Å². The third-order valence-electron chi connectivity index (χ3n) is 5.78. The fourth-order valence-corrected chi connectivity index (χ4v) is 4.08. The molecule has 3 aromatic carbocycles. The van der Waals surface area contributed by atoms with E-state index in [2.05, 4.69) is 28.1 Å². The van der Waals surface area contributed by atoms with Gasteiger partial charge in [-0.05, 0) is 61.0 Å². The molecule has 5 nitrogen and oxygen atoms in total. The molecule has 162 valence electrons. The van der Waals surface area contributed by atoms with E-state index in [1.165, 1.54) is 17.7 Å². The Morgan fingerprint density at radius 1 is 1.06 bits per heavy atom. The lowest BCUT2D eigenvalue weighted by Gasteiger charge is -2.41. The summed E-state index contributed by atoms with van der Waals surface area (Å²) < 4.78 is 13.8. The Bertz CT molecular complexity index is 1120. The molecule has 0 bridgehead atoms. The van der Waals surface area contributed by atoms with Crippen molar-refractivity contribution in [3.8, 4) is 6.07 Å². The second-order valence-electron chi connectivity index (χ2n) is 8.07. The van der Waals surface area contributed by atoms with Crippen molar-refractivity contribution in [1.29, 1.82) is 5.26 Å². The monoisotopic (exact) mass is 428 g/mol. The van der Waals surface area contributed by atoms with Gasteiger partial charge in [-0.3, -0.25) is 9.69 Å². The van der Waals surface area contributed by atoms with Gasteiger partial charge in [-0.25, -0.2) is 4.39 Å². The van der Waals surface area contributed by atoms with Crippen molar-refractivity contribution in [3.63, 3.8) is 0 Å². The first-order valence-electron chi connectivity index (χ1n) is 10.7. The van der Waals surface area contributed by atoms with E-state index in [9.17, 15) is 9.18 Å². The Labute approximate surface area is 187 Å². The molecule has 32 heavy (non-hydrogen) atoms. The maximum atomic E-state index is 13.8. The predicted octanol–water partition coefficient (Wildman–Crippen LogP) is 4.66. The second-order valence-corrected chi connectivity index (χ2v) is 8.07. The van der Waals surface area contributed by atoms with Gasteiger partial charge in [0.15, 0.2) is 0 Å². The van der Waals surface area contributed by atoms with Crippen molar-refractivity contribution >= 4 is 17.3 Å². The minimum atomic E-state index is -0.533. The average Bonchev–Trinajstić information content (AvgIpc) is 2.81. The first-order valence-corrected chi connectivity index (χ1v) is 10.7. The molecule has 0 aromatic heterocycles. The third kappa shape index (κ3) is 4.96. The number of carbonyl (C=O) groups excluding carboxylic acids is 1. The molecule has 1 N–H and O–H groups in total. The number of rotatable bonds is 5. The highest BCUT2D eigenvalue weighted by atomic mass is 19.1. The first-order chi connectivity index (χ1) is 15.5. The van der Waals surface area contributed by atoms with E-state index < -0.39 is 11.7 Å². The average molecular weight is 429 g/mol. The fourth-order valence-electron chi connectivity index (χ4n) is 4.08. The van der Waals surface area contributed by atoms with Crippen LogP contribution in [0.1, 0.15) is 28.4 Å². The molecular weight excluding hydrogens is 403 g/mol. The zero-order valence-corrected chi connectivity index (χ0v) is 18.0. The normalized spacial score (nSPS) is 16.4. The van der Waals surface area contributed by atoms with E-state index in [0.717, 1.165) is 31.9 Å². The summed E-state index contributed by atoms with van der Waals surface area (Å²) in [6.45, 7) is 5.85. The molecule has 1 aliphatic rings. The molecule has 3 aromatic rings. The van der Waals surface area contributed by atoms with E-state index in [-0.39, 0.29) is 5.56 Å². The molecular formula is C26H25FN4O. The van der Waals surface area contributed by atoms with Gasteiger partial charge in [-0.15, -0.1) is 0 Å². The van der Waals surface area contributed by atoms with Gasteiger partial charge in [0, 0.05) is 43.6 Å². The van der Waals surface area contributed by atoms with Crippen LogP contribution in [0.2, 0.25) is 0 Å². The minimum Gasteiger partial charge on any atom is -0.366 e. The summed E-state index contributed by atoms with van der Waals surface area (Å²) in [4.78, 5) is 17.1. The van der Waals surface area contributed by atoms with E-state index >= 15 is 0 Å². The van der Waals surface area contributed by atoms with E-state index in [0.29, 0.717) is 17.3 Å². The molecule has 1 fully saturated rings. The minimum absolute atomic E-state index is 0.0311. The number of hydrogen-bond acceptors (Lipinski definition) is 4. The molecule has 0 spiro atoms.